The minimum Gasteiger partial charge on any atom is -0.347 e. The van der Waals surface area contributed by atoms with Crippen LogP contribution in [0.3, 0.4) is 0 Å². The minimum atomic E-state index is -0.480. The molecule has 0 saturated carbocycles. The fraction of sp³-hybridized carbons (Fsp3) is 1.00. The fourth-order valence-corrected chi connectivity index (χ4v) is 1.26. The van der Waals surface area contributed by atoms with Gasteiger partial charge in [-0.2, -0.15) is 0 Å². The molecule has 12 heavy (non-hydrogen) atoms. The number of rotatable bonds is 1. The second kappa shape index (κ2) is 3.17. The molecular weight excluding hydrogens is 176 g/mol. The molecule has 0 bridgehead atoms. The summed E-state index contributed by atoms with van der Waals surface area (Å²) in [6.07, 6.45) is 0.0518. The average molecular weight is 193 g/mol. The topological polar surface area (TPSA) is 18.5 Å². The standard InChI is InChI=1S/C9H17ClO2/c1-8(2,3)9(4)11-6-7(5-10)12-9/h7H,5-6H2,1-4H3/t7-,9+/m0/s1. The molecule has 0 aromatic carbocycles. The third-order valence-electron chi connectivity index (χ3n) is 2.47. The molecule has 0 radical (unpaired) electrons. The first-order valence-corrected chi connectivity index (χ1v) is 4.80. The first kappa shape index (κ1) is 10.3. The lowest BCUT2D eigenvalue weighted by Gasteiger charge is -2.36. The van der Waals surface area contributed by atoms with Gasteiger partial charge in [0, 0.05) is 5.41 Å². The molecule has 0 unspecified atom stereocenters. The lowest BCUT2D eigenvalue weighted by atomic mass is 9.87. The van der Waals surface area contributed by atoms with Gasteiger partial charge in [-0.1, -0.05) is 20.8 Å². The summed E-state index contributed by atoms with van der Waals surface area (Å²) in [4.78, 5) is 0. The minimum absolute atomic E-state index is 0.00614. The predicted molar refractivity (Wildman–Crippen MR) is 49.4 cm³/mol. The maximum absolute atomic E-state index is 5.71. The van der Waals surface area contributed by atoms with Crippen LogP contribution in [0.5, 0.6) is 0 Å². The summed E-state index contributed by atoms with van der Waals surface area (Å²) in [5, 5.41) is 0. The molecule has 2 nitrogen and oxygen atoms in total. The Kier molecular flexibility index (Phi) is 2.72. The highest BCUT2D eigenvalue weighted by Crippen LogP contribution is 2.39. The molecule has 0 aliphatic carbocycles. The zero-order chi connectivity index (χ0) is 9.41. The Hall–Kier alpha value is 0.210. The Morgan fingerprint density at radius 3 is 2.33 bits per heavy atom. The fourth-order valence-electron chi connectivity index (χ4n) is 1.11. The number of hydrogen-bond donors (Lipinski definition) is 0. The van der Waals surface area contributed by atoms with Crippen molar-refractivity contribution in [2.24, 2.45) is 5.41 Å². The van der Waals surface area contributed by atoms with Gasteiger partial charge < -0.3 is 9.47 Å². The van der Waals surface area contributed by atoms with Crippen molar-refractivity contribution in [3.63, 3.8) is 0 Å². The van der Waals surface area contributed by atoms with E-state index in [-0.39, 0.29) is 11.5 Å². The van der Waals surface area contributed by atoms with E-state index in [0.29, 0.717) is 12.5 Å². The highest BCUT2D eigenvalue weighted by atomic mass is 35.5. The smallest absolute Gasteiger partial charge is 0.170 e. The molecule has 0 amide bonds. The van der Waals surface area contributed by atoms with Gasteiger partial charge in [-0.25, -0.2) is 0 Å². The van der Waals surface area contributed by atoms with Crippen molar-refractivity contribution < 1.29 is 9.47 Å². The first-order valence-electron chi connectivity index (χ1n) is 4.27. The van der Waals surface area contributed by atoms with Crippen LogP contribution >= 0.6 is 11.6 Å². The van der Waals surface area contributed by atoms with Crippen molar-refractivity contribution in [1.82, 2.24) is 0 Å². The van der Waals surface area contributed by atoms with E-state index in [2.05, 4.69) is 20.8 Å². The molecule has 0 N–H and O–H groups in total. The molecule has 1 aliphatic rings. The van der Waals surface area contributed by atoms with Gasteiger partial charge in [0.05, 0.1) is 18.6 Å². The van der Waals surface area contributed by atoms with Gasteiger partial charge in [0.1, 0.15) is 0 Å². The normalized spacial score (nSPS) is 37.2. The highest BCUT2D eigenvalue weighted by Gasteiger charge is 2.46. The van der Waals surface area contributed by atoms with Gasteiger partial charge in [0.25, 0.3) is 0 Å². The predicted octanol–water partition coefficient (Wildman–Crippen LogP) is 2.40. The quantitative estimate of drug-likeness (QED) is 0.594. The van der Waals surface area contributed by atoms with Crippen LogP contribution in [0.4, 0.5) is 0 Å². The summed E-state index contributed by atoms with van der Waals surface area (Å²) in [5.41, 5.74) is -0.00614. The molecule has 1 fully saturated rings. The lowest BCUT2D eigenvalue weighted by molar-refractivity contribution is -0.215. The summed E-state index contributed by atoms with van der Waals surface area (Å²) < 4.78 is 11.3. The van der Waals surface area contributed by atoms with Crippen molar-refractivity contribution >= 4 is 11.6 Å². The molecule has 0 spiro atoms. The van der Waals surface area contributed by atoms with Crippen LogP contribution in [0, 0.1) is 5.41 Å². The van der Waals surface area contributed by atoms with Gasteiger partial charge in [-0.05, 0) is 6.92 Å². The van der Waals surface area contributed by atoms with Crippen LogP contribution in [-0.4, -0.2) is 24.4 Å². The van der Waals surface area contributed by atoms with Crippen molar-refractivity contribution in [3.05, 3.63) is 0 Å². The third kappa shape index (κ3) is 1.76. The summed E-state index contributed by atoms with van der Waals surface area (Å²) >= 11 is 5.68. The van der Waals surface area contributed by atoms with Crippen LogP contribution in [0.25, 0.3) is 0 Å². The molecule has 0 aromatic rings. The van der Waals surface area contributed by atoms with Crippen molar-refractivity contribution in [1.29, 1.82) is 0 Å². The second-order valence-electron chi connectivity index (χ2n) is 4.40. The van der Waals surface area contributed by atoms with Gasteiger partial charge in [0.2, 0.25) is 0 Å². The zero-order valence-corrected chi connectivity index (χ0v) is 8.94. The lowest BCUT2D eigenvalue weighted by Crippen LogP contribution is -2.41. The second-order valence-corrected chi connectivity index (χ2v) is 4.71. The summed E-state index contributed by atoms with van der Waals surface area (Å²) in [5.74, 6) is 0.0260. The van der Waals surface area contributed by atoms with E-state index in [1.807, 2.05) is 6.92 Å². The largest absolute Gasteiger partial charge is 0.347 e. The number of ether oxygens (including phenoxy) is 2. The van der Waals surface area contributed by atoms with E-state index in [4.69, 9.17) is 21.1 Å². The van der Waals surface area contributed by atoms with Crippen LogP contribution in [0.2, 0.25) is 0 Å². The summed E-state index contributed by atoms with van der Waals surface area (Å²) in [6.45, 7) is 8.88. The Morgan fingerprint density at radius 2 is 2.08 bits per heavy atom. The third-order valence-corrected chi connectivity index (χ3v) is 2.81. The molecule has 72 valence electrons. The Morgan fingerprint density at radius 1 is 1.50 bits per heavy atom. The van der Waals surface area contributed by atoms with Crippen molar-refractivity contribution in [2.75, 3.05) is 12.5 Å². The maximum Gasteiger partial charge on any atom is 0.170 e. The zero-order valence-electron chi connectivity index (χ0n) is 8.19. The monoisotopic (exact) mass is 192 g/mol. The average Bonchev–Trinajstić information content (AvgIpc) is 2.31. The summed E-state index contributed by atoms with van der Waals surface area (Å²) in [7, 11) is 0. The highest BCUT2D eigenvalue weighted by molar-refractivity contribution is 6.18. The van der Waals surface area contributed by atoms with E-state index in [0.717, 1.165) is 0 Å². The van der Waals surface area contributed by atoms with E-state index < -0.39 is 5.79 Å². The van der Waals surface area contributed by atoms with Crippen molar-refractivity contribution in [2.45, 2.75) is 39.6 Å². The van der Waals surface area contributed by atoms with Gasteiger partial charge in [-0.3, -0.25) is 0 Å². The van der Waals surface area contributed by atoms with Crippen LogP contribution in [0.1, 0.15) is 27.7 Å². The Labute approximate surface area is 79.2 Å². The number of alkyl halides is 1. The molecular formula is C9H17ClO2. The van der Waals surface area contributed by atoms with E-state index in [1.54, 1.807) is 0 Å². The molecule has 1 rings (SSSR count). The van der Waals surface area contributed by atoms with Gasteiger partial charge in [-0.15, -0.1) is 11.6 Å². The van der Waals surface area contributed by atoms with Crippen LogP contribution < -0.4 is 0 Å². The van der Waals surface area contributed by atoms with E-state index >= 15 is 0 Å². The molecule has 1 aliphatic heterocycles. The molecule has 0 aromatic heterocycles. The molecule has 3 heteroatoms. The number of hydrogen-bond acceptors (Lipinski definition) is 2. The van der Waals surface area contributed by atoms with Crippen molar-refractivity contribution in [3.8, 4) is 0 Å². The van der Waals surface area contributed by atoms with E-state index in [9.17, 15) is 0 Å². The Balaban J connectivity index is 2.64. The molecule has 1 heterocycles. The van der Waals surface area contributed by atoms with E-state index in [1.165, 1.54) is 0 Å². The van der Waals surface area contributed by atoms with Crippen LogP contribution in [0.15, 0.2) is 0 Å². The molecule has 2 atom stereocenters. The SMILES string of the molecule is CC(C)(C)[C@]1(C)OC[C@H](CCl)O1. The maximum atomic E-state index is 5.71. The summed E-state index contributed by atoms with van der Waals surface area (Å²) in [6, 6.07) is 0. The van der Waals surface area contributed by atoms with Gasteiger partial charge in [0.15, 0.2) is 5.79 Å². The van der Waals surface area contributed by atoms with Gasteiger partial charge >= 0.3 is 0 Å². The number of halogens is 1. The van der Waals surface area contributed by atoms with Crippen LogP contribution in [-0.2, 0) is 9.47 Å². The first-order chi connectivity index (χ1) is 5.39. The Bertz CT molecular complexity index is 164. The molecule has 1 saturated heterocycles.